The average molecular weight is 549 g/mol. The molecule has 0 saturated heterocycles. The van der Waals surface area contributed by atoms with Crippen molar-refractivity contribution in [3.8, 4) is 5.75 Å². The Morgan fingerprint density at radius 1 is 1.25 bits per heavy atom. The number of carbonyl (C=O) groups excluding carboxylic acids is 2. The molecule has 1 N–H and O–H groups in total. The summed E-state index contributed by atoms with van der Waals surface area (Å²) >= 11 is 9.00. The Morgan fingerprint density at radius 2 is 1.97 bits per heavy atom. The maximum atomic E-state index is 12.8. The lowest BCUT2D eigenvalue weighted by Gasteiger charge is -2.16. The van der Waals surface area contributed by atoms with E-state index in [-0.39, 0.29) is 23.7 Å². The van der Waals surface area contributed by atoms with E-state index >= 15 is 0 Å². The molecule has 1 atom stereocenters. The van der Waals surface area contributed by atoms with Crippen molar-refractivity contribution in [1.29, 1.82) is 0 Å². The van der Waals surface area contributed by atoms with Crippen LogP contribution >= 0.6 is 34.7 Å². The minimum atomic E-state index is -0.377. The topological polar surface area (TPSA) is 95.3 Å². The molecule has 1 aliphatic carbocycles. The number of thioether (sulfide) groups is 1. The number of benzene rings is 1. The Bertz CT molecular complexity index is 1280. The molecule has 0 bridgehead atoms. The number of amides is 1. The second kappa shape index (κ2) is 11.2. The van der Waals surface area contributed by atoms with Crippen LogP contribution in [0.15, 0.2) is 17.3 Å². The van der Waals surface area contributed by atoms with Crippen LogP contribution in [-0.2, 0) is 29.4 Å². The number of halogens is 1. The molecule has 0 saturated carbocycles. The molecule has 2 heterocycles. The lowest BCUT2D eigenvalue weighted by molar-refractivity contribution is -0.113. The third kappa shape index (κ3) is 5.55. The van der Waals surface area contributed by atoms with E-state index in [2.05, 4.69) is 15.5 Å². The highest BCUT2D eigenvalue weighted by molar-refractivity contribution is 7.99. The van der Waals surface area contributed by atoms with E-state index < -0.39 is 0 Å². The summed E-state index contributed by atoms with van der Waals surface area (Å²) in [4.78, 5) is 26.4. The molecule has 1 unspecified atom stereocenters. The number of hydrogen-bond acceptors (Lipinski definition) is 8. The Balaban J connectivity index is 1.40. The highest BCUT2D eigenvalue weighted by atomic mass is 35.5. The number of nitrogens with zero attached hydrogens (tertiary/aromatic N) is 3. The Labute approximate surface area is 223 Å². The van der Waals surface area contributed by atoms with Crippen LogP contribution in [0.2, 0.25) is 5.02 Å². The second-order valence-corrected chi connectivity index (χ2v) is 11.1. The van der Waals surface area contributed by atoms with Gasteiger partial charge in [-0.1, -0.05) is 23.4 Å². The zero-order chi connectivity index (χ0) is 26.0. The number of ether oxygens (including phenoxy) is 2. The van der Waals surface area contributed by atoms with E-state index in [4.69, 9.17) is 21.1 Å². The molecule has 11 heteroatoms. The predicted molar refractivity (Wildman–Crippen MR) is 143 cm³/mol. The molecule has 192 valence electrons. The summed E-state index contributed by atoms with van der Waals surface area (Å²) < 4.78 is 13.1. The maximum Gasteiger partial charge on any atom is 0.341 e. The highest BCUT2D eigenvalue weighted by Crippen LogP contribution is 2.39. The van der Waals surface area contributed by atoms with Gasteiger partial charge in [0.15, 0.2) is 17.1 Å². The number of aryl methyl sites for hydroxylation is 3. The number of nitrogens with one attached hydrogen (secondary N) is 1. The molecular formula is C25H29ClN4O4S2. The molecule has 4 rings (SSSR count). The van der Waals surface area contributed by atoms with Crippen LogP contribution in [0.25, 0.3) is 0 Å². The maximum absolute atomic E-state index is 12.8. The fourth-order valence-electron chi connectivity index (χ4n) is 4.24. The zero-order valence-electron chi connectivity index (χ0n) is 20.9. The Morgan fingerprint density at radius 3 is 2.67 bits per heavy atom. The Kier molecular flexibility index (Phi) is 8.27. The Hall–Kier alpha value is -2.56. The van der Waals surface area contributed by atoms with Gasteiger partial charge in [0.2, 0.25) is 5.91 Å². The summed E-state index contributed by atoms with van der Waals surface area (Å²) in [5.74, 6) is 0.882. The quantitative estimate of drug-likeness (QED) is 0.271. The smallest absolute Gasteiger partial charge is 0.341 e. The molecule has 8 nitrogen and oxygen atoms in total. The van der Waals surface area contributed by atoms with Crippen LogP contribution in [0, 0.1) is 13.8 Å². The molecule has 0 aliphatic heterocycles. The van der Waals surface area contributed by atoms with Crippen molar-refractivity contribution in [2.75, 3.05) is 17.7 Å². The van der Waals surface area contributed by atoms with Crippen LogP contribution in [0.5, 0.6) is 5.75 Å². The number of carbonyl (C=O) groups is 2. The first-order chi connectivity index (χ1) is 17.2. The average Bonchev–Trinajstić information content (AvgIpc) is 3.50. The lowest BCUT2D eigenvalue weighted by Crippen LogP contribution is -2.17. The monoisotopic (exact) mass is 548 g/mol. The first-order valence-corrected chi connectivity index (χ1v) is 13.9. The third-order valence-corrected chi connectivity index (χ3v) is 8.76. The zero-order valence-corrected chi connectivity index (χ0v) is 23.3. The number of hydrogen-bond donors (Lipinski definition) is 1. The number of rotatable bonds is 9. The van der Waals surface area contributed by atoms with Gasteiger partial charge in [0.05, 0.1) is 17.9 Å². The largest absolute Gasteiger partial charge is 0.483 e. The van der Waals surface area contributed by atoms with Crippen molar-refractivity contribution < 1.29 is 19.1 Å². The fraction of sp³-hybridized carbons (Fsp3) is 0.440. The predicted octanol–water partition coefficient (Wildman–Crippen LogP) is 5.68. The van der Waals surface area contributed by atoms with E-state index in [9.17, 15) is 9.59 Å². The van der Waals surface area contributed by atoms with Gasteiger partial charge in [0.1, 0.15) is 10.8 Å². The van der Waals surface area contributed by atoms with Crippen molar-refractivity contribution in [2.24, 2.45) is 7.05 Å². The summed E-state index contributed by atoms with van der Waals surface area (Å²) in [7, 11) is 1.84. The van der Waals surface area contributed by atoms with Gasteiger partial charge in [-0.05, 0) is 75.8 Å². The van der Waals surface area contributed by atoms with E-state index in [1.54, 1.807) is 6.92 Å². The van der Waals surface area contributed by atoms with Crippen molar-refractivity contribution in [3.63, 3.8) is 0 Å². The normalized spacial score (nSPS) is 13.4. The van der Waals surface area contributed by atoms with Gasteiger partial charge in [-0.2, -0.15) is 0 Å². The number of anilines is 1. The summed E-state index contributed by atoms with van der Waals surface area (Å²) in [6, 6.07) is 3.79. The molecule has 1 amide bonds. The van der Waals surface area contributed by atoms with Crippen LogP contribution in [0.4, 0.5) is 5.00 Å². The van der Waals surface area contributed by atoms with E-state index in [0.717, 1.165) is 45.9 Å². The second-order valence-electron chi connectivity index (χ2n) is 8.65. The minimum absolute atomic E-state index is 0.127. The molecule has 0 radical (unpaired) electrons. The van der Waals surface area contributed by atoms with Gasteiger partial charge in [0.25, 0.3) is 0 Å². The van der Waals surface area contributed by atoms with Crippen LogP contribution in [-0.4, -0.2) is 39.0 Å². The van der Waals surface area contributed by atoms with E-state index in [1.165, 1.54) is 23.1 Å². The van der Waals surface area contributed by atoms with Crippen LogP contribution in [0.3, 0.4) is 0 Å². The molecular weight excluding hydrogens is 520 g/mol. The molecule has 36 heavy (non-hydrogen) atoms. The standard InChI is InChI=1S/C25H29ClN4O4S2/c1-6-33-24(32)20-17-8-7-9-18(17)36-23(20)27-19(31)12-35-25-29-28-22(30(25)5)15(4)34-16-10-13(2)21(26)14(3)11-16/h10-11,15H,6-9,12H2,1-5H3,(H,27,31). The molecule has 1 aliphatic rings. The highest BCUT2D eigenvalue weighted by Gasteiger charge is 2.28. The molecule has 0 spiro atoms. The molecule has 3 aromatic rings. The summed E-state index contributed by atoms with van der Waals surface area (Å²) in [6.45, 7) is 7.85. The van der Waals surface area contributed by atoms with Crippen LogP contribution < -0.4 is 10.1 Å². The van der Waals surface area contributed by atoms with Gasteiger partial charge >= 0.3 is 5.97 Å². The van der Waals surface area contributed by atoms with Crippen molar-refractivity contribution >= 4 is 51.6 Å². The lowest BCUT2D eigenvalue weighted by atomic mass is 10.1. The fourth-order valence-corrected chi connectivity index (χ4v) is 6.36. The first-order valence-electron chi connectivity index (χ1n) is 11.8. The van der Waals surface area contributed by atoms with Gasteiger partial charge in [0, 0.05) is 16.9 Å². The minimum Gasteiger partial charge on any atom is -0.483 e. The van der Waals surface area contributed by atoms with Crippen molar-refractivity contribution in [2.45, 2.75) is 58.2 Å². The van der Waals surface area contributed by atoms with E-state index in [1.807, 2.05) is 44.5 Å². The summed E-state index contributed by atoms with van der Waals surface area (Å²) in [5, 5.41) is 13.3. The number of thiophene rings is 1. The first kappa shape index (κ1) is 26.5. The number of fused-ring (bicyclic) bond motifs is 1. The molecule has 1 aromatic carbocycles. The molecule has 0 fully saturated rings. The van der Waals surface area contributed by atoms with Gasteiger partial charge in [-0.25, -0.2) is 4.79 Å². The van der Waals surface area contributed by atoms with Gasteiger partial charge in [-0.3, -0.25) is 4.79 Å². The van der Waals surface area contributed by atoms with Crippen molar-refractivity contribution in [3.05, 3.63) is 50.1 Å². The van der Waals surface area contributed by atoms with Gasteiger partial charge in [-0.15, -0.1) is 21.5 Å². The van der Waals surface area contributed by atoms with E-state index in [0.29, 0.717) is 33.9 Å². The SMILES string of the molecule is CCOC(=O)c1c(NC(=O)CSc2nnc(C(C)Oc3cc(C)c(Cl)c(C)c3)n2C)sc2c1CCC2. The number of aromatic nitrogens is 3. The van der Waals surface area contributed by atoms with Crippen molar-refractivity contribution in [1.82, 2.24) is 14.8 Å². The summed E-state index contributed by atoms with van der Waals surface area (Å²) in [6.07, 6.45) is 2.42. The third-order valence-electron chi connectivity index (χ3n) is 5.94. The van der Waals surface area contributed by atoms with Crippen LogP contribution in [0.1, 0.15) is 64.1 Å². The number of esters is 1. The molecule has 2 aromatic heterocycles. The summed E-state index contributed by atoms with van der Waals surface area (Å²) in [5.41, 5.74) is 3.41. The van der Waals surface area contributed by atoms with Gasteiger partial charge < -0.3 is 19.4 Å².